The number of hydrazine groups is 1. The molecular formula is C12H17N3O. The lowest BCUT2D eigenvalue weighted by molar-refractivity contribution is 0.405. The summed E-state index contributed by atoms with van der Waals surface area (Å²) in [5.41, 5.74) is 9.11. The second kappa shape index (κ2) is 3.64. The van der Waals surface area contributed by atoms with E-state index in [0.29, 0.717) is 18.0 Å². The smallest absolute Gasteiger partial charge is 0.142 e. The molecule has 4 nitrogen and oxygen atoms in total. The summed E-state index contributed by atoms with van der Waals surface area (Å²) >= 11 is 0. The van der Waals surface area contributed by atoms with Crippen LogP contribution < -0.4 is 20.9 Å². The van der Waals surface area contributed by atoms with Crippen LogP contribution in [0.25, 0.3) is 0 Å². The fraction of sp³-hybridized carbons (Fsp3) is 0.500. The van der Waals surface area contributed by atoms with E-state index in [-0.39, 0.29) is 0 Å². The topological polar surface area (TPSA) is 45.3 Å². The fourth-order valence-corrected chi connectivity index (χ4v) is 2.71. The van der Waals surface area contributed by atoms with E-state index < -0.39 is 0 Å². The Bertz CT molecular complexity index is 407. The van der Waals surface area contributed by atoms with Gasteiger partial charge >= 0.3 is 0 Å². The Balaban J connectivity index is 2.04. The average molecular weight is 219 g/mol. The Hall–Kier alpha value is -1.26. The largest absolute Gasteiger partial charge is 0.495 e. The van der Waals surface area contributed by atoms with Crippen LogP contribution in [0.2, 0.25) is 0 Å². The molecule has 16 heavy (non-hydrogen) atoms. The Morgan fingerprint density at radius 3 is 3.00 bits per heavy atom. The van der Waals surface area contributed by atoms with Gasteiger partial charge in [-0.25, -0.2) is 5.43 Å². The highest BCUT2D eigenvalue weighted by Crippen LogP contribution is 2.41. The van der Waals surface area contributed by atoms with Crippen molar-refractivity contribution in [1.29, 1.82) is 0 Å². The lowest BCUT2D eigenvalue weighted by atomic mass is 9.86. The average Bonchev–Trinajstić information content (AvgIpc) is 2.70. The van der Waals surface area contributed by atoms with Crippen LogP contribution in [0.5, 0.6) is 5.75 Å². The molecule has 2 aliphatic rings. The molecule has 0 radical (unpaired) electrons. The van der Waals surface area contributed by atoms with Crippen LogP contribution in [0.4, 0.5) is 5.69 Å². The zero-order valence-electron chi connectivity index (χ0n) is 9.58. The Kier molecular flexibility index (Phi) is 2.26. The van der Waals surface area contributed by atoms with Crippen LogP contribution in [-0.2, 0) is 0 Å². The maximum Gasteiger partial charge on any atom is 0.142 e. The molecule has 86 valence electrons. The first-order chi connectivity index (χ1) is 7.81. The minimum atomic E-state index is 0.390. The van der Waals surface area contributed by atoms with E-state index in [1.807, 2.05) is 12.1 Å². The normalized spacial score (nSPS) is 31.5. The molecule has 3 rings (SSSR count). The number of fused-ring (bicyclic) bond motifs is 3. The number of ether oxygens (including phenoxy) is 1. The summed E-state index contributed by atoms with van der Waals surface area (Å²) in [4.78, 5) is 0. The maximum absolute atomic E-state index is 5.38. The summed E-state index contributed by atoms with van der Waals surface area (Å²) in [5.74, 6) is 1.52. The predicted octanol–water partition coefficient (Wildman–Crippen LogP) is 1.27. The van der Waals surface area contributed by atoms with E-state index in [9.17, 15) is 0 Å². The maximum atomic E-state index is 5.38. The number of hydrogen-bond acceptors (Lipinski definition) is 4. The zero-order valence-corrected chi connectivity index (χ0v) is 9.58. The van der Waals surface area contributed by atoms with Gasteiger partial charge in [-0.3, -0.25) is 5.43 Å². The molecular weight excluding hydrogens is 202 g/mol. The number of methoxy groups -OCH3 is 1. The van der Waals surface area contributed by atoms with E-state index in [1.54, 1.807) is 7.11 Å². The number of rotatable bonds is 1. The van der Waals surface area contributed by atoms with E-state index in [1.165, 1.54) is 5.56 Å². The Morgan fingerprint density at radius 1 is 1.31 bits per heavy atom. The summed E-state index contributed by atoms with van der Waals surface area (Å²) in [7, 11) is 1.71. The number of hydrogen-bond donors (Lipinski definition) is 3. The highest BCUT2D eigenvalue weighted by atomic mass is 16.5. The monoisotopic (exact) mass is 219 g/mol. The van der Waals surface area contributed by atoms with Crippen molar-refractivity contribution in [2.75, 3.05) is 19.0 Å². The zero-order chi connectivity index (χ0) is 11.1. The summed E-state index contributed by atoms with van der Waals surface area (Å²) < 4.78 is 5.38. The van der Waals surface area contributed by atoms with Crippen LogP contribution >= 0.6 is 0 Å². The van der Waals surface area contributed by atoms with E-state index in [2.05, 4.69) is 29.2 Å². The standard InChI is InChI=1S/C12H17N3O/c1-7-9-6-13-12-8(11(9)15-14-7)4-3-5-10(12)16-2/h3-5,7,9,11,13-15H,6H2,1-2H3. The molecule has 2 aliphatic heterocycles. The molecule has 0 spiro atoms. The van der Waals surface area contributed by atoms with Gasteiger partial charge in [0.15, 0.2) is 0 Å². The summed E-state index contributed by atoms with van der Waals surface area (Å²) in [6, 6.07) is 7.09. The summed E-state index contributed by atoms with van der Waals surface area (Å²) in [6.07, 6.45) is 0. The van der Waals surface area contributed by atoms with Crippen LogP contribution in [0, 0.1) is 5.92 Å². The van der Waals surface area contributed by atoms with Gasteiger partial charge in [-0.05, 0) is 18.6 Å². The Labute approximate surface area is 95.3 Å². The van der Waals surface area contributed by atoms with Gasteiger partial charge in [-0.2, -0.15) is 0 Å². The number of para-hydroxylation sites is 1. The first kappa shape index (κ1) is 9.93. The number of nitrogens with one attached hydrogen (secondary N) is 3. The van der Waals surface area contributed by atoms with Crippen LogP contribution in [0.15, 0.2) is 18.2 Å². The molecule has 0 aliphatic carbocycles. The molecule has 2 heterocycles. The van der Waals surface area contributed by atoms with E-state index in [0.717, 1.165) is 18.0 Å². The van der Waals surface area contributed by atoms with E-state index in [4.69, 9.17) is 4.74 Å². The molecule has 1 saturated heterocycles. The molecule has 0 saturated carbocycles. The molecule has 4 heteroatoms. The summed E-state index contributed by atoms with van der Waals surface area (Å²) in [5, 5.41) is 3.48. The third-order valence-corrected chi connectivity index (χ3v) is 3.66. The van der Waals surface area contributed by atoms with Crippen molar-refractivity contribution in [3.8, 4) is 5.75 Å². The van der Waals surface area contributed by atoms with Crippen molar-refractivity contribution in [2.45, 2.75) is 19.0 Å². The van der Waals surface area contributed by atoms with Gasteiger partial charge in [-0.1, -0.05) is 12.1 Å². The van der Waals surface area contributed by atoms with Gasteiger partial charge < -0.3 is 10.1 Å². The molecule has 1 aromatic rings. The molecule has 0 aromatic heterocycles. The highest BCUT2D eigenvalue weighted by molar-refractivity contribution is 5.65. The van der Waals surface area contributed by atoms with Gasteiger partial charge in [0.1, 0.15) is 5.75 Å². The lowest BCUT2D eigenvalue weighted by Gasteiger charge is -2.30. The van der Waals surface area contributed by atoms with Crippen molar-refractivity contribution in [3.63, 3.8) is 0 Å². The number of benzene rings is 1. The van der Waals surface area contributed by atoms with Crippen LogP contribution in [0.1, 0.15) is 18.5 Å². The van der Waals surface area contributed by atoms with Gasteiger partial charge in [0.25, 0.3) is 0 Å². The third kappa shape index (κ3) is 1.30. The molecule has 1 aromatic carbocycles. The van der Waals surface area contributed by atoms with Gasteiger partial charge in [0.05, 0.1) is 18.8 Å². The molecule has 3 unspecified atom stereocenters. The molecule has 3 atom stereocenters. The molecule has 1 fully saturated rings. The quantitative estimate of drug-likeness (QED) is 0.665. The van der Waals surface area contributed by atoms with Crippen molar-refractivity contribution in [2.24, 2.45) is 5.92 Å². The SMILES string of the molecule is COc1cccc2c1NCC1C(C)NNC21. The van der Waals surface area contributed by atoms with Gasteiger partial charge in [0.2, 0.25) is 0 Å². The Morgan fingerprint density at radius 2 is 2.19 bits per heavy atom. The molecule has 0 bridgehead atoms. The summed E-state index contributed by atoms with van der Waals surface area (Å²) in [6.45, 7) is 3.20. The first-order valence-corrected chi connectivity index (χ1v) is 5.73. The molecule has 3 N–H and O–H groups in total. The third-order valence-electron chi connectivity index (χ3n) is 3.66. The van der Waals surface area contributed by atoms with Crippen molar-refractivity contribution in [3.05, 3.63) is 23.8 Å². The van der Waals surface area contributed by atoms with Crippen LogP contribution in [-0.4, -0.2) is 19.7 Å². The fourth-order valence-electron chi connectivity index (χ4n) is 2.71. The van der Waals surface area contributed by atoms with E-state index >= 15 is 0 Å². The van der Waals surface area contributed by atoms with Crippen LogP contribution in [0.3, 0.4) is 0 Å². The second-order valence-corrected chi connectivity index (χ2v) is 4.52. The minimum Gasteiger partial charge on any atom is -0.495 e. The van der Waals surface area contributed by atoms with Crippen molar-refractivity contribution in [1.82, 2.24) is 10.9 Å². The van der Waals surface area contributed by atoms with Gasteiger partial charge in [-0.15, -0.1) is 0 Å². The highest BCUT2D eigenvalue weighted by Gasteiger charge is 2.38. The van der Waals surface area contributed by atoms with Crippen molar-refractivity contribution < 1.29 is 4.74 Å². The lowest BCUT2D eigenvalue weighted by Crippen LogP contribution is -2.32. The first-order valence-electron chi connectivity index (χ1n) is 5.73. The predicted molar refractivity (Wildman–Crippen MR) is 63.4 cm³/mol. The minimum absolute atomic E-state index is 0.390. The number of anilines is 1. The van der Waals surface area contributed by atoms with Gasteiger partial charge in [0, 0.05) is 18.5 Å². The second-order valence-electron chi connectivity index (χ2n) is 4.52. The van der Waals surface area contributed by atoms with Crippen molar-refractivity contribution >= 4 is 5.69 Å². The molecule has 0 amide bonds.